The van der Waals surface area contributed by atoms with Gasteiger partial charge in [-0.2, -0.15) is 5.10 Å². The number of rotatable bonds is 7. The van der Waals surface area contributed by atoms with E-state index in [9.17, 15) is 18.8 Å². The van der Waals surface area contributed by atoms with Gasteiger partial charge in [-0.1, -0.05) is 6.92 Å². The van der Waals surface area contributed by atoms with Crippen LogP contribution in [0, 0.1) is 5.82 Å². The normalized spacial score (nSPS) is 13.7. The average molecular weight is 521 g/mol. The Bertz CT molecular complexity index is 1480. The minimum atomic E-state index is -0.657. The molecule has 0 aliphatic carbocycles. The van der Waals surface area contributed by atoms with Crippen LogP contribution in [0.2, 0.25) is 0 Å². The molecule has 0 radical (unpaired) electrons. The zero-order valence-corrected chi connectivity index (χ0v) is 20.9. The first-order chi connectivity index (χ1) is 17.9. The number of nitrogens with zero attached hydrogens (tertiary/aromatic N) is 3. The molecule has 37 heavy (non-hydrogen) atoms. The van der Waals surface area contributed by atoms with E-state index in [2.05, 4.69) is 25.8 Å². The van der Waals surface area contributed by atoms with Gasteiger partial charge in [-0.3, -0.25) is 24.5 Å². The lowest BCUT2D eigenvalue weighted by atomic mass is 10.1. The van der Waals surface area contributed by atoms with Gasteiger partial charge in [0.15, 0.2) is 0 Å². The van der Waals surface area contributed by atoms with Crippen LogP contribution in [0.4, 0.5) is 4.39 Å². The van der Waals surface area contributed by atoms with Crippen molar-refractivity contribution in [1.82, 2.24) is 30.7 Å². The van der Waals surface area contributed by atoms with Crippen molar-refractivity contribution in [3.8, 4) is 0 Å². The molecule has 3 amide bonds. The van der Waals surface area contributed by atoms with Crippen LogP contribution >= 0.6 is 11.3 Å². The van der Waals surface area contributed by atoms with Crippen molar-refractivity contribution in [2.75, 3.05) is 6.54 Å². The van der Waals surface area contributed by atoms with Crippen molar-refractivity contribution in [2.45, 2.75) is 38.9 Å². The van der Waals surface area contributed by atoms with Crippen LogP contribution in [0.1, 0.15) is 49.4 Å². The molecular weight excluding hydrogens is 495 g/mol. The number of benzene rings is 1. The predicted molar refractivity (Wildman–Crippen MR) is 136 cm³/mol. The molecule has 9 nitrogen and oxygen atoms in total. The number of amides is 3. The molecular formula is C26H25FN6O3S. The number of pyridine rings is 1. The quantitative estimate of drug-likeness (QED) is 0.346. The Balaban J connectivity index is 1.21. The number of fused-ring (bicyclic) bond motifs is 2. The maximum absolute atomic E-state index is 13.3. The molecule has 3 aromatic heterocycles. The number of thiophene rings is 1. The molecule has 0 bridgehead atoms. The number of hydrogen-bond acceptors (Lipinski definition) is 6. The first-order valence-electron chi connectivity index (χ1n) is 11.9. The number of aromatic nitrogens is 3. The molecule has 0 fully saturated rings. The fourth-order valence-corrected chi connectivity index (χ4v) is 5.42. The van der Waals surface area contributed by atoms with E-state index in [1.54, 1.807) is 35.4 Å². The van der Waals surface area contributed by atoms with Crippen LogP contribution in [0.3, 0.4) is 0 Å². The van der Waals surface area contributed by atoms with Crippen LogP contribution in [-0.4, -0.2) is 50.4 Å². The molecule has 0 spiro atoms. The highest BCUT2D eigenvalue weighted by Crippen LogP contribution is 2.29. The van der Waals surface area contributed by atoms with Crippen molar-refractivity contribution in [3.63, 3.8) is 0 Å². The zero-order chi connectivity index (χ0) is 25.9. The highest BCUT2D eigenvalue weighted by atomic mass is 32.1. The number of hydrogen-bond donors (Lipinski definition) is 3. The molecule has 5 rings (SSSR count). The van der Waals surface area contributed by atoms with Gasteiger partial charge in [-0.05, 0) is 54.3 Å². The van der Waals surface area contributed by atoms with Gasteiger partial charge in [0.1, 0.15) is 11.9 Å². The SMILES string of the molecule is CC[C@@H](NC(=O)c1ccc2[nH]ncc2c1)C(=O)N1CCc2sc(C(=O)NCc3cncc(F)c3)cc2C1. The molecule has 1 atom stereocenters. The second-order valence-electron chi connectivity index (χ2n) is 8.87. The molecule has 1 aliphatic rings. The summed E-state index contributed by atoms with van der Waals surface area (Å²) in [6.07, 6.45) is 5.35. The minimum Gasteiger partial charge on any atom is -0.347 e. The maximum Gasteiger partial charge on any atom is 0.261 e. The number of halogens is 1. The van der Waals surface area contributed by atoms with Gasteiger partial charge in [0.2, 0.25) is 5.91 Å². The minimum absolute atomic E-state index is 0.151. The van der Waals surface area contributed by atoms with Gasteiger partial charge in [0.05, 0.1) is 22.8 Å². The predicted octanol–water partition coefficient (Wildman–Crippen LogP) is 3.18. The van der Waals surface area contributed by atoms with E-state index in [1.807, 2.05) is 6.92 Å². The Morgan fingerprint density at radius 3 is 2.84 bits per heavy atom. The van der Waals surface area contributed by atoms with Gasteiger partial charge in [0.25, 0.3) is 11.8 Å². The standard InChI is InChI=1S/C26H25FN6O3S/c1-2-20(31-24(34)16-3-4-21-17(8-16)12-30-32-21)26(36)33-6-5-22-18(14-33)9-23(37-22)25(35)29-11-15-7-19(27)13-28-10-15/h3-4,7-10,12-13,20H,2,5-6,11,14H2,1H3,(H,29,35)(H,30,32)(H,31,34)/t20-/m1/s1. The maximum atomic E-state index is 13.3. The summed E-state index contributed by atoms with van der Waals surface area (Å²) in [6.45, 7) is 2.91. The highest BCUT2D eigenvalue weighted by molar-refractivity contribution is 7.14. The largest absolute Gasteiger partial charge is 0.347 e. The average Bonchev–Trinajstić information content (AvgIpc) is 3.56. The Kier molecular flexibility index (Phi) is 6.95. The van der Waals surface area contributed by atoms with Crippen LogP contribution in [0.25, 0.3) is 10.9 Å². The number of carbonyl (C=O) groups excluding carboxylic acids is 3. The third-order valence-electron chi connectivity index (χ3n) is 6.33. The summed E-state index contributed by atoms with van der Waals surface area (Å²) in [5.41, 5.74) is 2.79. The molecule has 4 heterocycles. The lowest BCUT2D eigenvalue weighted by Gasteiger charge is -2.30. The van der Waals surface area contributed by atoms with E-state index in [0.29, 0.717) is 41.9 Å². The molecule has 0 unspecified atom stereocenters. The van der Waals surface area contributed by atoms with Crippen molar-refractivity contribution >= 4 is 40.0 Å². The monoisotopic (exact) mass is 520 g/mol. The van der Waals surface area contributed by atoms with Crippen LogP contribution in [0.15, 0.2) is 48.9 Å². The summed E-state index contributed by atoms with van der Waals surface area (Å²) < 4.78 is 13.3. The highest BCUT2D eigenvalue weighted by Gasteiger charge is 2.29. The van der Waals surface area contributed by atoms with Crippen LogP contribution in [-0.2, 0) is 24.3 Å². The molecule has 190 valence electrons. The van der Waals surface area contributed by atoms with E-state index in [-0.39, 0.29) is 24.3 Å². The number of H-pyrrole nitrogens is 1. The number of carbonyl (C=O) groups is 3. The first kappa shape index (κ1) is 24.6. The van der Waals surface area contributed by atoms with E-state index in [4.69, 9.17) is 0 Å². The van der Waals surface area contributed by atoms with Gasteiger partial charge in [-0.15, -0.1) is 11.3 Å². The third-order valence-corrected chi connectivity index (χ3v) is 7.57. The topological polar surface area (TPSA) is 120 Å². The summed E-state index contributed by atoms with van der Waals surface area (Å²) in [7, 11) is 0. The van der Waals surface area contributed by atoms with Crippen molar-refractivity contribution < 1.29 is 18.8 Å². The van der Waals surface area contributed by atoms with Gasteiger partial charge < -0.3 is 15.5 Å². The Morgan fingerprint density at radius 2 is 2.03 bits per heavy atom. The molecule has 0 saturated carbocycles. The van der Waals surface area contributed by atoms with E-state index in [0.717, 1.165) is 27.5 Å². The Hall–Kier alpha value is -4.12. The smallest absolute Gasteiger partial charge is 0.261 e. The van der Waals surface area contributed by atoms with Crippen LogP contribution < -0.4 is 10.6 Å². The third kappa shape index (κ3) is 5.36. The molecule has 3 N–H and O–H groups in total. The van der Waals surface area contributed by atoms with Gasteiger partial charge in [0, 0.05) is 41.7 Å². The summed E-state index contributed by atoms with van der Waals surface area (Å²) in [4.78, 5) is 45.9. The lowest BCUT2D eigenvalue weighted by Crippen LogP contribution is -2.49. The first-order valence-corrected chi connectivity index (χ1v) is 12.7. The van der Waals surface area contributed by atoms with Gasteiger partial charge in [-0.25, -0.2) is 4.39 Å². The summed E-state index contributed by atoms with van der Waals surface area (Å²) >= 11 is 1.40. The van der Waals surface area contributed by atoms with E-state index >= 15 is 0 Å². The molecule has 0 saturated heterocycles. The lowest BCUT2D eigenvalue weighted by molar-refractivity contribution is -0.134. The fraction of sp³-hybridized carbons (Fsp3) is 0.269. The Morgan fingerprint density at radius 1 is 1.16 bits per heavy atom. The molecule has 11 heteroatoms. The number of nitrogens with one attached hydrogen (secondary N) is 3. The summed E-state index contributed by atoms with van der Waals surface area (Å²) in [5, 5.41) is 13.3. The van der Waals surface area contributed by atoms with Crippen molar-refractivity contribution in [3.05, 3.63) is 81.2 Å². The molecule has 1 aromatic carbocycles. The number of aromatic amines is 1. The summed E-state index contributed by atoms with van der Waals surface area (Å²) in [6, 6.07) is 7.69. The summed E-state index contributed by atoms with van der Waals surface area (Å²) in [5.74, 6) is -1.18. The zero-order valence-electron chi connectivity index (χ0n) is 20.1. The molecule has 1 aliphatic heterocycles. The fourth-order valence-electron chi connectivity index (χ4n) is 4.34. The van der Waals surface area contributed by atoms with Crippen molar-refractivity contribution in [1.29, 1.82) is 0 Å². The van der Waals surface area contributed by atoms with Crippen molar-refractivity contribution in [2.24, 2.45) is 0 Å². The van der Waals surface area contributed by atoms with E-state index in [1.165, 1.54) is 23.6 Å². The Labute approximate surface area is 216 Å². The second-order valence-corrected chi connectivity index (χ2v) is 10.0. The van der Waals surface area contributed by atoms with E-state index < -0.39 is 11.9 Å². The van der Waals surface area contributed by atoms with Crippen LogP contribution in [0.5, 0.6) is 0 Å². The van der Waals surface area contributed by atoms with Gasteiger partial charge >= 0.3 is 0 Å². The molecule has 4 aromatic rings. The second kappa shape index (κ2) is 10.5.